The minimum absolute atomic E-state index is 0.219. The summed E-state index contributed by atoms with van der Waals surface area (Å²) in [4.78, 5) is 23.6. The maximum Gasteiger partial charge on any atom is 0.244 e. The largest absolute Gasteiger partial charge is 0.368 e. The van der Waals surface area contributed by atoms with Crippen molar-refractivity contribution in [1.82, 2.24) is 5.32 Å². The molecule has 0 spiro atoms. The third-order valence-corrected chi connectivity index (χ3v) is 3.21. The van der Waals surface area contributed by atoms with Gasteiger partial charge in [-0.3, -0.25) is 9.59 Å². The van der Waals surface area contributed by atoms with Crippen LogP contribution in [0.5, 0.6) is 0 Å². The number of hydrogen-bond acceptors (Lipinski definition) is 2. The molecule has 0 aliphatic rings. The van der Waals surface area contributed by atoms with E-state index in [4.69, 9.17) is 5.73 Å². The van der Waals surface area contributed by atoms with Crippen molar-refractivity contribution in [3.05, 3.63) is 71.3 Å². The molecule has 2 amide bonds. The molecule has 21 heavy (non-hydrogen) atoms. The van der Waals surface area contributed by atoms with Crippen molar-refractivity contribution in [2.45, 2.75) is 19.4 Å². The zero-order valence-corrected chi connectivity index (χ0v) is 11.9. The van der Waals surface area contributed by atoms with Gasteiger partial charge in [-0.1, -0.05) is 60.2 Å². The molecule has 2 aromatic rings. The van der Waals surface area contributed by atoms with Crippen LogP contribution in [0.4, 0.5) is 0 Å². The Kier molecular flexibility index (Phi) is 4.72. The molecule has 2 rings (SSSR count). The van der Waals surface area contributed by atoms with Gasteiger partial charge in [-0.25, -0.2) is 0 Å². The molecule has 3 N–H and O–H groups in total. The van der Waals surface area contributed by atoms with E-state index >= 15 is 0 Å². The number of rotatable bonds is 5. The van der Waals surface area contributed by atoms with Gasteiger partial charge in [-0.05, 0) is 18.1 Å². The molecule has 0 unspecified atom stereocenters. The van der Waals surface area contributed by atoms with Gasteiger partial charge >= 0.3 is 0 Å². The van der Waals surface area contributed by atoms with E-state index in [0.717, 1.165) is 11.1 Å². The van der Waals surface area contributed by atoms with Crippen LogP contribution >= 0.6 is 0 Å². The number of carbonyl (C=O) groups excluding carboxylic acids is 2. The predicted molar refractivity (Wildman–Crippen MR) is 81.4 cm³/mol. The van der Waals surface area contributed by atoms with Crippen LogP contribution in [0.15, 0.2) is 54.6 Å². The van der Waals surface area contributed by atoms with Gasteiger partial charge in [0.25, 0.3) is 0 Å². The molecular weight excluding hydrogens is 264 g/mol. The van der Waals surface area contributed by atoms with Crippen LogP contribution < -0.4 is 11.1 Å². The van der Waals surface area contributed by atoms with Gasteiger partial charge < -0.3 is 11.1 Å². The number of amides is 2. The summed E-state index contributed by atoms with van der Waals surface area (Å²) in [5.74, 6) is -0.801. The topological polar surface area (TPSA) is 72.2 Å². The minimum atomic E-state index is -0.802. The Bertz CT molecular complexity index is 621. The van der Waals surface area contributed by atoms with Crippen LogP contribution in [0.3, 0.4) is 0 Å². The number of nitrogens with one attached hydrogen (secondary N) is 1. The molecule has 0 aromatic heterocycles. The maximum atomic E-state index is 12.1. The van der Waals surface area contributed by atoms with Crippen molar-refractivity contribution in [1.29, 1.82) is 0 Å². The zero-order valence-electron chi connectivity index (χ0n) is 11.9. The molecule has 0 heterocycles. The first kappa shape index (κ1) is 14.8. The fourth-order valence-corrected chi connectivity index (χ4v) is 2.07. The SMILES string of the molecule is Cc1ccc(CC(=O)N[C@H](C(N)=O)c2ccccc2)cc1. The fourth-order valence-electron chi connectivity index (χ4n) is 2.07. The molecule has 2 aromatic carbocycles. The summed E-state index contributed by atoms with van der Waals surface area (Å²) in [6, 6.07) is 15.9. The van der Waals surface area contributed by atoms with Crippen molar-refractivity contribution < 1.29 is 9.59 Å². The first-order valence-electron chi connectivity index (χ1n) is 6.75. The summed E-state index contributed by atoms with van der Waals surface area (Å²) in [7, 11) is 0. The predicted octanol–water partition coefficient (Wildman–Crippen LogP) is 1.88. The van der Waals surface area contributed by atoms with Gasteiger partial charge in [0.05, 0.1) is 6.42 Å². The summed E-state index contributed by atoms with van der Waals surface area (Å²) >= 11 is 0. The van der Waals surface area contributed by atoms with Crippen molar-refractivity contribution >= 4 is 11.8 Å². The molecule has 4 heteroatoms. The van der Waals surface area contributed by atoms with Gasteiger partial charge in [0, 0.05) is 0 Å². The Balaban J connectivity index is 2.05. The summed E-state index contributed by atoms with van der Waals surface area (Å²) in [6.07, 6.45) is 0.219. The smallest absolute Gasteiger partial charge is 0.244 e. The number of carbonyl (C=O) groups is 2. The monoisotopic (exact) mass is 282 g/mol. The van der Waals surface area contributed by atoms with Crippen LogP contribution in [0.25, 0.3) is 0 Å². The third-order valence-electron chi connectivity index (χ3n) is 3.21. The lowest BCUT2D eigenvalue weighted by Gasteiger charge is -2.16. The average Bonchev–Trinajstić information content (AvgIpc) is 2.48. The van der Waals surface area contributed by atoms with E-state index in [2.05, 4.69) is 5.32 Å². The lowest BCUT2D eigenvalue weighted by atomic mass is 10.1. The standard InChI is InChI=1S/C17H18N2O2/c1-12-7-9-13(10-8-12)11-15(20)19-16(17(18)21)14-5-3-2-4-6-14/h2-10,16H,11H2,1H3,(H2,18,21)(H,19,20)/t16-/m0/s1. The van der Waals surface area contributed by atoms with Crippen molar-refractivity contribution in [2.75, 3.05) is 0 Å². The molecule has 0 saturated heterocycles. The first-order chi connectivity index (χ1) is 10.1. The second kappa shape index (κ2) is 6.70. The van der Waals surface area contributed by atoms with E-state index < -0.39 is 11.9 Å². The van der Waals surface area contributed by atoms with E-state index in [-0.39, 0.29) is 12.3 Å². The van der Waals surface area contributed by atoms with E-state index in [0.29, 0.717) is 5.56 Å². The molecule has 0 saturated carbocycles. The summed E-state index contributed by atoms with van der Waals surface area (Å²) in [6.45, 7) is 1.99. The lowest BCUT2D eigenvalue weighted by molar-refractivity contribution is -0.127. The molecule has 0 aliphatic carbocycles. The fraction of sp³-hybridized carbons (Fsp3) is 0.176. The number of benzene rings is 2. The minimum Gasteiger partial charge on any atom is -0.368 e. The second-order valence-electron chi connectivity index (χ2n) is 4.98. The van der Waals surface area contributed by atoms with Gasteiger partial charge in [-0.2, -0.15) is 0 Å². The maximum absolute atomic E-state index is 12.1. The highest BCUT2D eigenvalue weighted by molar-refractivity contribution is 5.88. The molecule has 0 bridgehead atoms. The van der Waals surface area contributed by atoms with Crippen LogP contribution in [0.2, 0.25) is 0 Å². The lowest BCUT2D eigenvalue weighted by Crippen LogP contribution is -2.38. The van der Waals surface area contributed by atoms with Crippen molar-refractivity contribution in [3.63, 3.8) is 0 Å². The van der Waals surface area contributed by atoms with Gasteiger partial charge in [0.1, 0.15) is 6.04 Å². The molecule has 4 nitrogen and oxygen atoms in total. The van der Waals surface area contributed by atoms with Crippen molar-refractivity contribution in [2.24, 2.45) is 5.73 Å². The van der Waals surface area contributed by atoms with Crippen molar-refractivity contribution in [3.8, 4) is 0 Å². The highest BCUT2D eigenvalue weighted by atomic mass is 16.2. The third kappa shape index (κ3) is 4.18. The highest BCUT2D eigenvalue weighted by Crippen LogP contribution is 2.12. The van der Waals surface area contributed by atoms with Crippen LogP contribution in [-0.2, 0) is 16.0 Å². The van der Waals surface area contributed by atoms with Gasteiger partial charge in [-0.15, -0.1) is 0 Å². The zero-order chi connectivity index (χ0) is 15.2. The van der Waals surface area contributed by atoms with Crippen LogP contribution in [0.1, 0.15) is 22.7 Å². The average molecular weight is 282 g/mol. The number of hydrogen-bond donors (Lipinski definition) is 2. The van der Waals surface area contributed by atoms with E-state index in [1.807, 2.05) is 37.3 Å². The number of nitrogens with two attached hydrogens (primary N) is 1. The Morgan fingerprint density at radius 1 is 1.05 bits per heavy atom. The molecule has 108 valence electrons. The number of aryl methyl sites for hydroxylation is 1. The molecule has 0 radical (unpaired) electrons. The van der Waals surface area contributed by atoms with E-state index in [9.17, 15) is 9.59 Å². The highest BCUT2D eigenvalue weighted by Gasteiger charge is 2.19. The Morgan fingerprint density at radius 2 is 1.67 bits per heavy atom. The van der Waals surface area contributed by atoms with E-state index in [1.165, 1.54) is 0 Å². The molecular formula is C17H18N2O2. The van der Waals surface area contributed by atoms with Gasteiger partial charge in [0.15, 0.2) is 0 Å². The second-order valence-corrected chi connectivity index (χ2v) is 4.98. The Hall–Kier alpha value is -2.62. The normalized spacial score (nSPS) is 11.7. The molecule has 0 fully saturated rings. The summed E-state index contributed by atoms with van der Waals surface area (Å²) in [5.41, 5.74) is 8.09. The van der Waals surface area contributed by atoms with Crippen LogP contribution in [0, 0.1) is 6.92 Å². The molecule has 0 aliphatic heterocycles. The Morgan fingerprint density at radius 3 is 2.24 bits per heavy atom. The summed E-state index contributed by atoms with van der Waals surface area (Å²) in [5, 5.41) is 2.68. The van der Waals surface area contributed by atoms with E-state index in [1.54, 1.807) is 24.3 Å². The van der Waals surface area contributed by atoms with Gasteiger partial charge in [0.2, 0.25) is 11.8 Å². The first-order valence-corrected chi connectivity index (χ1v) is 6.75. The summed E-state index contributed by atoms with van der Waals surface area (Å²) < 4.78 is 0. The number of primary amides is 1. The molecule has 1 atom stereocenters. The van der Waals surface area contributed by atoms with Crippen LogP contribution in [-0.4, -0.2) is 11.8 Å². The quantitative estimate of drug-likeness (QED) is 0.879. The Labute approximate surface area is 124 Å².